The van der Waals surface area contributed by atoms with E-state index in [0.29, 0.717) is 16.1 Å². The average molecular weight is 401 g/mol. The SMILES string of the molecule is Cc1ccc2cc(C#N)c(SCC(=O)Nc3cccc(C(F)(F)F)c3)nc2c1. The second-order valence-electron chi connectivity index (χ2n) is 6.06. The van der Waals surface area contributed by atoms with Gasteiger partial charge in [0.2, 0.25) is 5.91 Å². The Morgan fingerprint density at radius 2 is 2.00 bits per heavy atom. The van der Waals surface area contributed by atoms with Crippen LogP contribution in [0.15, 0.2) is 53.6 Å². The van der Waals surface area contributed by atoms with Gasteiger partial charge in [0.1, 0.15) is 11.1 Å². The lowest BCUT2D eigenvalue weighted by Gasteiger charge is -2.10. The molecule has 0 unspecified atom stereocenters. The number of hydrogen-bond acceptors (Lipinski definition) is 4. The van der Waals surface area contributed by atoms with Crippen molar-refractivity contribution >= 4 is 34.3 Å². The van der Waals surface area contributed by atoms with Crippen molar-refractivity contribution in [1.29, 1.82) is 5.26 Å². The number of carbonyl (C=O) groups is 1. The summed E-state index contributed by atoms with van der Waals surface area (Å²) in [4.78, 5) is 16.6. The number of alkyl halides is 3. The fourth-order valence-electron chi connectivity index (χ4n) is 2.55. The molecule has 0 bridgehead atoms. The first-order chi connectivity index (χ1) is 13.3. The summed E-state index contributed by atoms with van der Waals surface area (Å²) in [5.41, 5.74) is 1.29. The fourth-order valence-corrected chi connectivity index (χ4v) is 3.32. The third-order valence-electron chi connectivity index (χ3n) is 3.87. The van der Waals surface area contributed by atoms with E-state index in [1.54, 1.807) is 6.07 Å². The number of pyridine rings is 1. The lowest BCUT2D eigenvalue weighted by Crippen LogP contribution is -2.15. The summed E-state index contributed by atoms with van der Waals surface area (Å²) in [6, 6.07) is 13.9. The van der Waals surface area contributed by atoms with Crippen LogP contribution in [-0.2, 0) is 11.0 Å². The maximum Gasteiger partial charge on any atom is 0.416 e. The van der Waals surface area contributed by atoms with E-state index in [1.807, 2.05) is 25.1 Å². The molecular formula is C20H14F3N3OS. The van der Waals surface area contributed by atoms with Crippen molar-refractivity contribution in [2.24, 2.45) is 0 Å². The number of halogens is 3. The third kappa shape index (κ3) is 4.61. The molecule has 3 rings (SSSR count). The van der Waals surface area contributed by atoms with Crippen molar-refractivity contribution in [1.82, 2.24) is 4.98 Å². The first-order valence-electron chi connectivity index (χ1n) is 8.17. The number of fused-ring (bicyclic) bond motifs is 1. The van der Waals surface area contributed by atoms with Gasteiger partial charge in [-0.2, -0.15) is 18.4 Å². The number of aryl methyl sites for hydroxylation is 1. The number of amides is 1. The highest BCUT2D eigenvalue weighted by Gasteiger charge is 2.30. The topological polar surface area (TPSA) is 65.8 Å². The number of hydrogen-bond donors (Lipinski definition) is 1. The number of rotatable bonds is 4. The van der Waals surface area contributed by atoms with Gasteiger partial charge in [0.25, 0.3) is 0 Å². The van der Waals surface area contributed by atoms with Crippen LogP contribution < -0.4 is 5.32 Å². The Morgan fingerprint density at radius 3 is 2.71 bits per heavy atom. The molecule has 0 atom stereocenters. The number of nitriles is 1. The lowest BCUT2D eigenvalue weighted by molar-refractivity contribution is -0.137. The van der Waals surface area contributed by atoms with E-state index in [2.05, 4.69) is 16.4 Å². The predicted molar refractivity (Wildman–Crippen MR) is 102 cm³/mol. The molecule has 1 N–H and O–H groups in total. The Bertz CT molecular complexity index is 1090. The average Bonchev–Trinajstić information content (AvgIpc) is 2.65. The van der Waals surface area contributed by atoms with Gasteiger partial charge in [-0.25, -0.2) is 4.98 Å². The molecule has 28 heavy (non-hydrogen) atoms. The van der Waals surface area contributed by atoms with Crippen LogP contribution in [0, 0.1) is 18.3 Å². The molecule has 0 fully saturated rings. The van der Waals surface area contributed by atoms with E-state index < -0.39 is 17.6 Å². The molecule has 0 aliphatic heterocycles. The van der Waals surface area contributed by atoms with Crippen molar-refractivity contribution in [2.45, 2.75) is 18.1 Å². The zero-order valence-corrected chi connectivity index (χ0v) is 15.5. The van der Waals surface area contributed by atoms with Crippen LogP contribution in [-0.4, -0.2) is 16.6 Å². The molecule has 2 aromatic carbocycles. The Kier molecular flexibility index (Phi) is 5.56. The van der Waals surface area contributed by atoms with E-state index in [-0.39, 0.29) is 11.4 Å². The minimum Gasteiger partial charge on any atom is -0.325 e. The van der Waals surface area contributed by atoms with Crippen molar-refractivity contribution in [3.63, 3.8) is 0 Å². The number of nitrogens with zero attached hydrogens (tertiary/aromatic N) is 2. The minimum absolute atomic E-state index is 0.0584. The highest BCUT2D eigenvalue weighted by atomic mass is 32.2. The molecule has 4 nitrogen and oxygen atoms in total. The largest absolute Gasteiger partial charge is 0.416 e. The summed E-state index contributed by atoms with van der Waals surface area (Å²) in [6.07, 6.45) is -4.48. The van der Waals surface area contributed by atoms with Crippen LogP contribution in [0.2, 0.25) is 0 Å². The second-order valence-corrected chi connectivity index (χ2v) is 7.03. The predicted octanol–water partition coefficient (Wildman–Crippen LogP) is 5.16. The van der Waals surface area contributed by atoms with Crippen molar-refractivity contribution in [3.8, 4) is 6.07 Å². The number of nitrogens with one attached hydrogen (secondary N) is 1. The van der Waals surface area contributed by atoms with Crippen LogP contribution in [0.3, 0.4) is 0 Å². The molecule has 0 saturated heterocycles. The monoisotopic (exact) mass is 401 g/mol. The summed E-state index contributed by atoms with van der Waals surface area (Å²) in [6.45, 7) is 1.93. The van der Waals surface area contributed by atoms with Crippen LogP contribution in [0.25, 0.3) is 10.9 Å². The molecule has 1 heterocycles. The third-order valence-corrected chi connectivity index (χ3v) is 4.86. The van der Waals surface area contributed by atoms with Gasteiger partial charge in [0.15, 0.2) is 0 Å². The van der Waals surface area contributed by atoms with Gasteiger partial charge in [-0.15, -0.1) is 0 Å². The van der Waals surface area contributed by atoms with E-state index in [4.69, 9.17) is 0 Å². The maximum absolute atomic E-state index is 12.8. The van der Waals surface area contributed by atoms with Crippen LogP contribution in [0.5, 0.6) is 0 Å². The Hall–Kier alpha value is -3.05. The van der Waals surface area contributed by atoms with E-state index in [9.17, 15) is 23.2 Å². The van der Waals surface area contributed by atoms with Gasteiger partial charge < -0.3 is 5.32 Å². The van der Waals surface area contributed by atoms with Gasteiger partial charge >= 0.3 is 6.18 Å². The summed E-state index contributed by atoms with van der Waals surface area (Å²) in [5.74, 6) is -0.575. The van der Waals surface area contributed by atoms with Crippen LogP contribution in [0.4, 0.5) is 18.9 Å². The minimum atomic E-state index is -4.48. The summed E-state index contributed by atoms with van der Waals surface area (Å²) >= 11 is 1.06. The molecule has 0 aliphatic rings. The molecule has 0 spiro atoms. The number of thioether (sulfide) groups is 1. The quantitative estimate of drug-likeness (QED) is 0.613. The fraction of sp³-hybridized carbons (Fsp3) is 0.150. The highest BCUT2D eigenvalue weighted by molar-refractivity contribution is 8.00. The molecular weight excluding hydrogens is 387 g/mol. The van der Waals surface area contributed by atoms with Gasteiger partial charge in [0.05, 0.1) is 22.4 Å². The molecule has 8 heteroatoms. The van der Waals surface area contributed by atoms with Gasteiger partial charge in [-0.1, -0.05) is 30.0 Å². The Morgan fingerprint density at radius 1 is 1.21 bits per heavy atom. The van der Waals surface area contributed by atoms with Crippen molar-refractivity contribution < 1.29 is 18.0 Å². The number of anilines is 1. The Labute approximate surface area is 163 Å². The molecule has 142 valence electrons. The molecule has 1 amide bonds. The van der Waals surface area contributed by atoms with Crippen molar-refractivity contribution in [2.75, 3.05) is 11.1 Å². The summed E-state index contributed by atoms with van der Waals surface area (Å²) in [5, 5.41) is 13.0. The van der Waals surface area contributed by atoms with Crippen molar-refractivity contribution in [3.05, 3.63) is 65.2 Å². The van der Waals surface area contributed by atoms with Gasteiger partial charge in [-0.05, 0) is 42.8 Å². The smallest absolute Gasteiger partial charge is 0.325 e. The highest BCUT2D eigenvalue weighted by Crippen LogP contribution is 2.31. The zero-order chi connectivity index (χ0) is 20.3. The Balaban J connectivity index is 1.73. The molecule has 0 saturated carbocycles. The maximum atomic E-state index is 12.8. The molecule has 3 aromatic rings. The van der Waals surface area contributed by atoms with E-state index >= 15 is 0 Å². The lowest BCUT2D eigenvalue weighted by atomic mass is 10.1. The summed E-state index contributed by atoms with van der Waals surface area (Å²) in [7, 11) is 0. The first kappa shape index (κ1) is 19.7. The second kappa shape index (κ2) is 7.90. The molecule has 1 aromatic heterocycles. The van der Waals surface area contributed by atoms with Gasteiger partial charge in [0, 0.05) is 11.1 Å². The molecule has 0 radical (unpaired) electrons. The van der Waals surface area contributed by atoms with E-state index in [1.165, 1.54) is 12.1 Å². The van der Waals surface area contributed by atoms with Crippen LogP contribution in [0.1, 0.15) is 16.7 Å². The van der Waals surface area contributed by atoms with Gasteiger partial charge in [-0.3, -0.25) is 4.79 Å². The standard InChI is InChI=1S/C20H14F3N3OS/c1-12-5-6-13-8-14(10-24)19(26-17(13)7-12)28-11-18(27)25-16-4-2-3-15(9-16)20(21,22)23/h2-9H,11H2,1H3,(H,25,27). The van der Waals surface area contributed by atoms with Crippen LogP contribution >= 0.6 is 11.8 Å². The normalized spacial score (nSPS) is 11.2. The number of carbonyl (C=O) groups excluding carboxylic acids is 1. The number of aromatic nitrogens is 1. The molecule has 0 aliphatic carbocycles. The first-order valence-corrected chi connectivity index (χ1v) is 9.16. The number of benzene rings is 2. The summed E-state index contributed by atoms with van der Waals surface area (Å²) < 4.78 is 38.3. The van der Waals surface area contributed by atoms with E-state index in [0.717, 1.165) is 34.8 Å². The zero-order valence-electron chi connectivity index (χ0n) is 14.7.